The summed E-state index contributed by atoms with van der Waals surface area (Å²) in [5, 5.41) is 16.2. The van der Waals surface area contributed by atoms with Crippen LogP contribution in [0.2, 0.25) is 0 Å². The summed E-state index contributed by atoms with van der Waals surface area (Å²) in [5.74, 6) is 0. The van der Waals surface area contributed by atoms with Crippen molar-refractivity contribution in [1.29, 1.82) is 0 Å². The third-order valence-corrected chi connectivity index (χ3v) is 6.16. The second-order valence-electron chi connectivity index (χ2n) is 6.66. The molecule has 2 nitrogen and oxygen atoms in total. The van der Waals surface area contributed by atoms with Crippen LogP contribution in [-0.4, -0.2) is 17.3 Å². The lowest BCUT2D eigenvalue weighted by Crippen LogP contribution is -2.45. The highest BCUT2D eigenvalue weighted by Crippen LogP contribution is 2.40. The zero-order chi connectivity index (χ0) is 14.1. The smallest absolute Gasteiger partial charge is 0.0772 e. The summed E-state index contributed by atoms with van der Waals surface area (Å²) in [6.45, 7) is 7.45. The number of aliphatic hydroxyl groups is 1. The standard InChI is InChI=1S/C15H24BrNOS/c1-11(13-8-12(16)9-19-13)17-10-15(18)6-4-14(2,3)5-7-15/h8-9,11,17-18H,4-7,10H2,1-3H3. The molecule has 19 heavy (non-hydrogen) atoms. The molecule has 1 atom stereocenters. The Labute approximate surface area is 128 Å². The molecule has 1 aromatic rings. The molecule has 108 valence electrons. The monoisotopic (exact) mass is 345 g/mol. The topological polar surface area (TPSA) is 32.3 Å². The van der Waals surface area contributed by atoms with E-state index in [1.165, 1.54) is 4.88 Å². The third-order valence-electron chi connectivity index (χ3n) is 4.29. The summed E-state index contributed by atoms with van der Waals surface area (Å²) < 4.78 is 1.14. The van der Waals surface area contributed by atoms with E-state index in [1.54, 1.807) is 11.3 Å². The van der Waals surface area contributed by atoms with Crippen LogP contribution in [0.1, 0.15) is 57.4 Å². The molecule has 0 saturated heterocycles. The van der Waals surface area contributed by atoms with Gasteiger partial charge >= 0.3 is 0 Å². The Hall–Kier alpha value is 0.1000. The van der Waals surface area contributed by atoms with Gasteiger partial charge in [0.2, 0.25) is 0 Å². The molecule has 2 rings (SSSR count). The van der Waals surface area contributed by atoms with Gasteiger partial charge in [-0.1, -0.05) is 13.8 Å². The van der Waals surface area contributed by atoms with Crippen LogP contribution in [0.15, 0.2) is 15.9 Å². The van der Waals surface area contributed by atoms with Gasteiger partial charge in [-0.25, -0.2) is 0 Å². The summed E-state index contributed by atoms with van der Waals surface area (Å²) in [5.41, 5.74) is -0.116. The molecular formula is C15H24BrNOS. The zero-order valence-corrected chi connectivity index (χ0v) is 14.4. The second-order valence-corrected chi connectivity index (χ2v) is 8.52. The molecule has 1 fully saturated rings. The number of hydrogen-bond donors (Lipinski definition) is 2. The van der Waals surface area contributed by atoms with Crippen molar-refractivity contribution in [3.63, 3.8) is 0 Å². The van der Waals surface area contributed by atoms with Gasteiger partial charge in [0.1, 0.15) is 0 Å². The lowest BCUT2D eigenvalue weighted by molar-refractivity contribution is -0.0257. The summed E-state index contributed by atoms with van der Waals surface area (Å²) in [4.78, 5) is 1.31. The van der Waals surface area contributed by atoms with Crippen molar-refractivity contribution >= 4 is 27.3 Å². The Morgan fingerprint density at radius 2 is 2.00 bits per heavy atom. The molecule has 1 heterocycles. The fourth-order valence-electron chi connectivity index (χ4n) is 2.57. The summed E-state index contributed by atoms with van der Waals surface area (Å²) >= 11 is 5.24. The molecule has 4 heteroatoms. The molecule has 1 aromatic heterocycles. The number of rotatable bonds is 4. The van der Waals surface area contributed by atoms with Gasteiger partial charge in [-0.3, -0.25) is 0 Å². The van der Waals surface area contributed by atoms with E-state index in [-0.39, 0.29) is 0 Å². The molecule has 1 saturated carbocycles. The quantitative estimate of drug-likeness (QED) is 0.842. The highest BCUT2D eigenvalue weighted by atomic mass is 79.9. The van der Waals surface area contributed by atoms with Crippen molar-refractivity contribution < 1.29 is 5.11 Å². The van der Waals surface area contributed by atoms with Crippen LogP contribution in [-0.2, 0) is 0 Å². The molecule has 0 bridgehead atoms. The molecule has 2 N–H and O–H groups in total. The molecule has 0 amide bonds. The maximum Gasteiger partial charge on any atom is 0.0772 e. The average Bonchev–Trinajstić information content (AvgIpc) is 2.78. The van der Waals surface area contributed by atoms with E-state index in [9.17, 15) is 5.11 Å². The minimum atomic E-state index is -0.516. The summed E-state index contributed by atoms with van der Waals surface area (Å²) in [7, 11) is 0. The fourth-order valence-corrected chi connectivity index (χ4v) is 4.05. The Morgan fingerprint density at radius 3 is 2.53 bits per heavy atom. The maximum absolute atomic E-state index is 10.6. The number of hydrogen-bond acceptors (Lipinski definition) is 3. The molecule has 0 aromatic carbocycles. The predicted molar refractivity (Wildman–Crippen MR) is 85.6 cm³/mol. The van der Waals surface area contributed by atoms with Crippen LogP contribution in [0.4, 0.5) is 0 Å². The van der Waals surface area contributed by atoms with E-state index in [0.29, 0.717) is 18.0 Å². The van der Waals surface area contributed by atoms with Gasteiger partial charge in [0, 0.05) is 27.3 Å². The zero-order valence-electron chi connectivity index (χ0n) is 12.0. The van der Waals surface area contributed by atoms with Crippen molar-refractivity contribution in [2.24, 2.45) is 5.41 Å². The lowest BCUT2D eigenvalue weighted by Gasteiger charge is -2.40. The van der Waals surface area contributed by atoms with Gasteiger partial charge in [0.05, 0.1) is 5.60 Å². The average molecular weight is 346 g/mol. The van der Waals surface area contributed by atoms with Crippen LogP contribution in [0.5, 0.6) is 0 Å². The molecular weight excluding hydrogens is 322 g/mol. The number of nitrogens with one attached hydrogen (secondary N) is 1. The molecule has 1 aliphatic rings. The van der Waals surface area contributed by atoms with Crippen molar-refractivity contribution in [2.75, 3.05) is 6.54 Å². The fraction of sp³-hybridized carbons (Fsp3) is 0.733. The van der Waals surface area contributed by atoms with Crippen molar-refractivity contribution in [1.82, 2.24) is 5.32 Å². The van der Waals surface area contributed by atoms with E-state index < -0.39 is 5.60 Å². The Kier molecular flexibility index (Phi) is 4.76. The van der Waals surface area contributed by atoms with E-state index in [4.69, 9.17) is 0 Å². The number of halogens is 1. The maximum atomic E-state index is 10.6. The van der Waals surface area contributed by atoms with Gasteiger partial charge in [0.25, 0.3) is 0 Å². The highest BCUT2D eigenvalue weighted by Gasteiger charge is 2.36. The largest absolute Gasteiger partial charge is 0.389 e. The Balaban J connectivity index is 1.85. The van der Waals surface area contributed by atoms with E-state index >= 15 is 0 Å². The minimum Gasteiger partial charge on any atom is -0.389 e. The van der Waals surface area contributed by atoms with Crippen LogP contribution in [0, 0.1) is 5.41 Å². The first-order valence-corrected chi connectivity index (χ1v) is 8.67. The van der Waals surface area contributed by atoms with Crippen LogP contribution < -0.4 is 5.32 Å². The van der Waals surface area contributed by atoms with E-state index in [0.717, 1.165) is 30.2 Å². The molecule has 1 aliphatic carbocycles. The summed E-state index contributed by atoms with van der Waals surface area (Å²) in [6, 6.07) is 2.45. The van der Waals surface area contributed by atoms with E-state index in [2.05, 4.69) is 53.5 Å². The van der Waals surface area contributed by atoms with Crippen LogP contribution in [0.3, 0.4) is 0 Å². The van der Waals surface area contributed by atoms with Crippen molar-refractivity contribution in [3.8, 4) is 0 Å². The van der Waals surface area contributed by atoms with E-state index in [1.807, 2.05) is 0 Å². The Morgan fingerprint density at radius 1 is 1.37 bits per heavy atom. The van der Waals surface area contributed by atoms with Gasteiger partial charge in [0.15, 0.2) is 0 Å². The molecule has 1 unspecified atom stereocenters. The second kappa shape index (κ2) is 5.84. The van der Waals surface area contributed by atoms with Gasteiger partial charge < -0.3 is 10.4 Å². The predicted octanol–water partition coefficient (Wildman–Crippen LogP) is 4.49. The first-order valence-electron chi connectivity index (χ1n) is 6.99. The normalized spacial score (nSPS) is 23.2. The van der Waals surface area contributed by atoms with Crippen LogP contribution in [0.25, 0.3) is 0 Å². The van der Waals surface area contributed by atoms with Crippen molar-refractivity contribution in [3.05, 3.63) is 20.8 Å². The van der Waals surface area contributed by atoms with Gasteiger partial charge in [-0.05, 0) is 60.0 Å². The number of thiophene rings is 1. The summed E-state index contributed by atoms with van der Waals surface area (Å²) in [6.07, 6.45) is 4.05. The molecule has 0 aliphatic heterocycles. The van der Waals surface area contributed by atoms with Gasteiger partial charge in [-0.2, -0.15) is 0 Å². The Bertz CT molecular complexity index is 420. The minimum absolute atomic E-state index is 0.301. The van der Waals surface area contributed by atoms with Crippen LogP contribution >= 0.6 is 27.3 Å². The van der Waals surface area contributed by atoms with Gasteiger partial charge in [-0.15, -0.1) is 11.3 Å². The molecule has 0 radical (unpaired) electrons. The first kappa shape index (κ1) is 15.5. The highest BCUT2D eigenvalue weighted by molar-refractivity contribution is 9.10. The lowest BCUT2D eigenvalue weighted by atomic mass is 9.71. The van der Waals surface area contributed by atoms with Crippen molar-refractivity contribution in [2.45, 2.75) is 58.1 Å². The SMILES string of the molecule is CC(NCC1(O)CCC(C)(C)CC1)c1cc(Br)cs1. The molecule has 0 spiro atoms. The first-order chi connectivity index (χ1) is 8.80. The third kappa shape index (κ3) is 4.28.